The second kappa shape index (κ2) is 6.70. The summed E-state index contributed by atoms with van der Waals surface area (Å²) in [7, 11) is 2.98. The van der Waals surface area contributed by atoms with Crippen molar-refractivity contribution in [2.75, 3.05) is 27.2 Å². The second-order valence-corrected chi connectivity index (χ2v) is 3.60. The average molecular weight is 240 g/mol. The summed E-state index contributed by atoms with van der Waals surface area (Å²) in [6.07, 6.45) is 1.55. The Bertz CT molecular complexity index is 362. The van der Waals surface area contributed by atoms with Crippen LogP contribution in [0.3, 0.4) is 0 Å². The van der Waals surface area contributed by atoms with Gasteiger partial charge in [0, 0.05) is 0 Å². The molecule has 1 aromatic heterocycles. The van der Waals surface area contributed by atoms with Crippen molar-refractivity contribution < 1.29 is 18.7 Å². The van der Waals surface area contributed by atoms with Crippen molar-refractivity contribution in [2.45, 2.75) is 6.54 Å². The molecule has 17 heavy (non-hydrogen) atoms. The number of esters is 1. The van der Waals surface area contributed by atoms with Crippen molar-refractivity contribution in [1.29, 1.82) is 0 Å². The number of ether oxygens (including phenoxy) is 1. The van der Waals surface area contributed by atoms with E-state index in [4.69, 9.17) is 4.42 Å². The highest BCUT2D eigenvalue weighted by molar-refractivity contribution is 5.79. The lowest BCUT2D eigenvalue weighted by Crippen LogP contribution is -2.37. The van der Waals surface area contributed by atoms with E-state index >= 15 is 0 Å². The molecule has 0 saturated heterocycles. The Kier molecular flexibility index (Phi) is 5.22. The van der Waals surface area contributed by atoms with Crippen LogP contribution in [0.5, 0.6) is 0 Å². The molecule has 0 radical (unpaired) electrons. The molecule has 6 heteroatoms. The lowest BCUT2D eigenvalue weighted by molar-refractivity contribution is -0.141. The lowest BCUT2D eigenvalue weighted by atomic mass is 10.4. The molecule has 0 atom stereocenters. The zero-order chi connectivity index (χ0) is 12.7. The van der Waals surface area contributed by atoms with E-state index in [0.29, 0.717) is 12.3 Å². The van der Waals surface area contributed by atoms with Crippen LogP contribution in [-0.2, 0) is 20.9 Å². The number of carbonyl (C=O) groups excluding carboxylic acids is 2. The Morgan fingerprint density at radius 3 is 2.82 bits per heavy atom. The molecule has 0 aliphatic rings. The van der Waals surface area contributed by atoms with Crippen molar-refractivity contribution >= 4 is 11.9 Å². The summed E-state index contributed by atoms with van der Waals surface area (Å²) in [5.74, 6) is 0.146. The van der Waals surface area contributed by atoms with Crippen molar-refractivity contribution in [2.24, 2.45) is 0 Å². The van der Waals surface area contributed by atoms with Crippen LogP contribution in [0.1, 0.15) is 5.76 Å². The molecule has 0 bridgehead atoms. The van der Waals surface area contributed by atoms with Crippen molar-refractivity contribution in [3.63, 3.8) is 0 Å². The van der Waals surface area contributed by atoms with Crippen molar-refractivity contribution in [1.82, 2.24) is 10.2 Å². The SMILES string of the molecule is COC(=O)CN(C)CC(=O)NCc1ccco1. The van der Waals surface area contributed by atoms with E-state index in [0.717, 1.165) is 0 Å². The minimum atomic E-state index is -0.369. The third-order valence-corrected chi connectivity index (χ3v) is 2.08. The van der Waals surface area contributed by atoms with Crippen LogP contribution in [0.25, 0.3) is 0 Å². The van der Waals surface area contributed by atoms with Crippen LogP contribution in [0.4, 0.5) is 0 Å². The van der Waals surface area contributed by atoms with Crippen LogP contribution in [-0.4, -0.2) is 44.0 Å². The molecule has 1 rings (SSSR count). The number of likely N-dealkylation sites (N-methyl/N-ethyl adjacent to an activating group) is 1. The fourth-order valence-electron chi connectivity index (χ4n) is 1.24. The number of hydrogen-bond donors (Lipinski definition) is 1. The van der Waals surface area contributed by atoms with E-state index in [2.05, 4.69) is 10.1 Å². The molecule has 94 valence electrons. The molecule has 0 fully saturated rings. The summed E-state index contributed by atoms with van der Waals surface area (Å²) in [4.78, 5) is 24.0. The van der Waals surface area contributed by atoms with Gasteiger partial charge in [-0.05, 0) is 19.2 Å². The maximum absolute atomic E-state index is 11.5. The Hall–Kier alpha value is -1.82. The number of rotatable bonds is 6. The van der Waals surface area contributed by atoms with Gasteiger partial charge in [-0.3, -0.25) is 14.5 Å². The van der Waals surface area contributed by atoms with Gasteiger partial charge in [-0.2, -0.15) is 0 Å². The molecular formula is C11H16N2O4. The summed E-state index contributed by atoms with van der Waals surface area (Å²) in [6.45, 7) is 0.568. The summed E-state index contributed by atoms with van der Waals surface area (Å²) >= 11 is 0. The van der Waals surface area contributed by atoms with Gasteiger partial charge in [-0.15, -0.1) is 0 Å². The van der Waals surface area contributed by atoms with E-state index in [1.54, 1.807) is 30.3 Å². The summed E-state index contributed by atoms with van der Waals surface area (Å²) < 4.78 is 9.56. The number of amides is 1. The van der Waals surface area contributed by atoms with E-state index < -0.39 is 0 Å². The minimum Gasteiger partial charge on any atom is -0.468 e. The van der Waals surface area contributed by atoms with Gasteiger partial charge in [-0.1, -0.05) is 0 Å². The molecule has 0 aliphatic heterocycles. The van der Waals surface area contributed by atoms with Crippen LogP contribution in [0, 0.1) is 0 Å². The Morgan fingerprint density at radius 2 is 2.24 bits per heavy atom. The van der Waals surface area contributed by atoms with Crippen LogP contribution < -0.4 is 5.32 Å². The Morgan fingerprint density at radius 1 is 1.47 bits per heavy atom. The van der Waals surface area contributed by atoms with Gasteiger partial charge < -0.3 is 14.5 Å². The van der Waals surface area contributed by atoms with E-state index in [1.165, 1.54) is 7.11 Å². The molecular weight excluding hydrogens is 224 g/mol. The minimum absolute atomic E-state index is 0.0880. The summed E-state index contributed by atoms with van der Waals surface area (Å²) in [5, 5.41) is 2.68. The second-order valence-electron chi connectivity index (χ2n) is 3.60. The van der Waals surface area contributed by atoms with Gasteiger partial charge >= 0.3 is 5.97 Å². The first-order valence-corrected chi connectivity index (χ1v) is 5.16. The maximum atomic E-state index is 11.5. The quantitative estimate of drug-likeness (QED) is 0.709. The Balaban J connectivity index is 2.22. The highest BCUT2D eigenvalue weighted by Crippen LogP contribution is 1.98. The van der Waals surface area contributed by atoms with Gasteiger partial charge in [0.25, 0.3) is 0 Å². The molecule has 0 saturated carbocycles. The van der Waals surface area contributed by atoms with Crippen molar-refractivity contribution in [3.05, 3.63) is 24.2 Å². The van der Waals surface area contributed by atoms with E-state index in [9.17, 15) is 9.59 Å². The zero-order valence-corrected chi connectivity index (χ0v) is 9.93. The van der Waals surface area contributed by atoms with Crippen LogP contribution in [0.2, 0.25) is 0 Å². The average Bonchev–Trinajstić information content (AvgIpc) is 2.78. The first-order chi connectivity index (χ1) is 8.11. The predicted octanol–water partition coefficient (Wildman–Crippen LogP) is 0.000600. The van der Waals surface area contributed by atoms with Gasteiger partial charge in [0.1, 0.15) is 5.76 Å². The highest BCUT2D eigenvalue weighted by Gasteiger charge is 2.10. The molecule has 6 nitrogen and oxygen atoms in total. The predicted molar refractivity (Wildman–Crippen MR) is 60.1 cm³/mol. The molecule has 1 amide bonds. The molecule has 1 aromatic rings. The summed E-state index contributed by atoms with van der Waals surface area (Å²) in [6, 6.07) is 3.53. The molecule has 0 aliphatic carbocycles. The van der Waals surface area contributed by atoms with Crippen LogP contribution in [0.15, 0.2) is 22.8 Å². The number of carbonyl (C=O) groups is 2. The third-order valence-electron chi connectivity index (χ3n) is 2.08. The van der Waals surface area contributed by atoms with Gasteiger partial charge in [-0.25, -0.2) is 0 Å². The van der Waals surface area contributed by atoms with Crippen molar-refractivity contribution in [3.8, 4) is 0 Å². The van der Waals surface area contributed by atoms with Gasteiger partial charge in [0.15, 0.2) is 0 Å². The molecule has 1 N–H and O–H groups in total. The topological polar surface area (TPSA) is 71.8 Å². The maximum Gasteiger partial charge on any atom is 0.319 e. The highest BCUT2D eigenvalue weighted by atomic mass is 16.5. The molecule has 0 spiro atoms. The van der Waals surface area contributed by atoms with Crippen LogP contribution >= 0.6 is 0 Å². The number of nitrogens with zero attached hydrogens (tertiary/aromatic N) is 1. The number of hydrogen-bond acceptors (Lipinski definition) is 5. The normalized spacial score (nSPS) is 10.3. The van der Waals surface area contributed by atoms with E-state index in [1.807, 2.05) is 0 Å². The molecule has 1 heterocycles. The fraction of sp³-hybridized carbons (Fsp3) is 0.455. The number of furan rings is 1. The summed E-state index contributed by atoms with van der Waals surface area (Å²) in [5.41, 5.74) is 0. The van der Waals surface area contributed by atoms with E-state index in [-0.39, 0.29) is 25.0 Å². The lowest BCUT2D eigenvalue weighted by Gasteiger charge is -2.14. The monoisotopic (exact) mass is 240 g/mol. The third kappa shape index (κ3) is 5.17. The first-order valence-electron chi connectivity index (χ1n) is 5.16. The Labute approximate surface area is 99.5 Å². The molecule has 0 aromatic carbocycles. The largest absolute Gasteiger partial charge is 0.468 e. The zero-order valence-electron chi connectivity index (χ0n) is 9.93. The van der Waals surface area contributed by atoms with Gasteiger partial charge in [0.2, 0.25) is 5.91 Å². The number of methoxy groups -OCH3 is 1. The standard InChI is InChI=1S/C11H16N2O4/c1-13(8-11(15)16-2)7-10(14)12-6-9-4-3-5-17-9/h3-5H,6-8H2,1-2H3,(H,12,14). The number of nitrogens with one attached hydrogen (secondary N) is 1. The van der Waals surface area contributed by atoms with Gasteiger partial charge in [0.05, 0.1) is 33.0 Å². The fourth-order valence-corrected chi connectivity index (χ4v) is 1.24. The smallest absolute Gasteiger partial charge is 0.319 e. The molecule has 0 unspecified atom stereocenters. The first kappa shape index (κ1) is 13.2.